The minimum Gasteiger partial charge on any atom is -0.309 e. The maximum Gasteiger partial charge on any atom is 0.238 e. The normalized spacial score (nSPS) is 11.6. The molecule has 0 spiro atoms. The number of rotatable bonds is 7. The van der Waals surface area contributed by atoms with Crippen molar-refractivity contribution in [1.29, 1.82) is 0 Å². The van der Waals surface area contributed by atoms with E-state index in [0.29, 0.717) is 13.1 Å². The van der Waals surface area contributed by atoms with Crippen LogP contribution in [0.2, 0.25) is 0 Å². The Labute approximate surface area is 147 Å². The minimum atomic E-state index is -3.67. The van der Waals surface area contributed by atoms with E-state index >= 15 is 0 Å². The average Bonchev–Trinajstić information content (AvgIpc) is 3.03. The summed E-state index contributed by atoms with van der Waals surface area (Å²) in [5.41, 5.74) is 3.13. The van der Waals surface area contributed by atoms with Crippen LogP contribution in [0.4, 0.5) is 0 Å². The number of primary sulfonamides is 1. The zero-order chi connectivity index (χ0) is 17.7. The van der Waals surface area contributed by atoms with Crippen molar-refractivity contribution in [3.05, 3.63) is 83.7 Å². The van der Waals surface area contributed by atoms with E-state index in [1.807, 2.05) is 41.3 Å². The molecule has 6 nitrogen and oxygen atoms in total. The summed E-state index contributed by atoms with van der Waals surface area (Å²) in [5.74, 6) is 0. The van der Waals surface area contributed by atoms with Crippen LogP contribution >= 0.6 is 0 Å². The molecule has 3 N–H and O–H groups in total. The first kappa shape index (κ1) is 17.3. The van der Waals surface area contributed by atoms with Gasteiger partial charge in [0, 0.05) is 24.8 Å². The van der Waals surface area contributed by atoms with Crippen molar-refractivity contribution >= 4 is 10.0 Å². The van der Waals surface area contributed by atoms with E-state index in [1.165, 1.54) is 11.6 Å². The molecule has 2 aromatic carbocycles. The Morgan fingerprint density at radius 2 is 1.68 bits per heavy atom. The lowest BCUT2D eigenvalue weighted by molar-refractivity contribution is 0.597. The van der Waals surface area contributed by atoms with E-state index in [1.54, 1.807) is 12.1 Å². The van der Waals surface area contributed by atoms with Crippen LogP contribution in [0.1, 0.15) is 16.7 Å². The fourth-order valence-electron chi connectivity index (χ4n) is 2.54. The second-order valence-electron chi connectivity index (χ2n) is 5.83. The summed E-state index contributed by atoms with van der Waals surface area (Å²) < 4.78 is 24.7. The first-order valence-electron chi connectivity index (χ1n) is 7.88. The SMILES string of the molecule is NS(=O)(=O)c1cccc(CNCc2cnn(Cc3ccccc3)c2)c1. The van der Waals surface area contributed by atoms with Crippen molar-refractivity contribution in [3.63, 3.8) is 0 Å². The standard InChI is InChI=1S/C18H20N4O2S/c19-25(23,24)18-8-4-7-16(9-18)10-20-11-17-12-21-22(14-17)13-15-5-2-1-3-6-15/h1-9,12,14,20H,10-11,13H2,(H2,19,23,24). The van der Waals surface area contributed by atoms with Crippen molar-refractivity contribution < 1.29 is 8.42 Å². The third-order valence-corrected chi connectivity index (χ3v) is 4.67. The summed E-state index contributed by atoms with van der Waals surface area (Å²) >= 11 is 0. The molecule has 3 aromatic rings. The monoisotopic (exact) mass is 356 g/mol. The first-order valence-corrected chi connectivity index (χ1v) is 9.43. The minimum absolute atomic E-state index is 0.127. The van der Waals surface area contributed by atoms with Gasteiger partial charge in [0.05, 0.1) is 17.6 Å². The van der Waals surface area contributed by atoms with Crippen LogP contribution in [0, 0.1) is 0 Å². The second kappa shape index (κ2) is 7.60. The van der Waals surface area contributed by atoms with Crippen molar-refractivity contribution in [1.82, 2.24) is 15.1 Å². The summed E-state index contributed by atoms with van der Waals surface area (Å²) in [7, 11) is -3.67. The molecule has 1 aromatic heterocycles. The van der Waals surface area contributed by atoms with E-state index in [2.05, 4.69) is 22.5 Å². The molecule has 0 fully saturated rings. The Morgan fingerprint density at radius 3 is 2.44 bits per heavy atom. The van der Waals surface area contributed by atoms with Gasteiger partial charge in [0.1, 0.15) is 0 Å². The smallest absolute Gasteiger partial charge is 0.238 e. The van der Waals surface area contributed by atoms with Gasteiger partial charge in [-0.25, -0.2) is 13.6 Å². The molecule has 0 amide bonds. The number of benzene rings is 2. The third-order valence-electron chi connectivity index (χ3n) is 3.76. The predicted octanol–water partition coefficient (Wildman–Crippen LogP) is 1.87. The largest absolute Gasteiger partial charge is 0.309 e. The number of hydrogen-bond donors (Lipinski definition) is 2. The van der Waals surface area contributed by atoms with Gasteiger partial charge in [0.15, 0.2) is 0 Å². The van der Waals surface area contributed by atoms with Gasteiger partial charge in [-0.2, -0.15) is 5.10 Å². The molecule has 0 radical (unpaired) electrons. The van der Waals surface area contributed by atoms with Crippen molar-refractivity contribution in [3.8, 4) is 0 Å². The highest BCUT2D eigenvalue weighted by Gasteiger charge is 2.07. The molecular formula is C18H20N4O2S. The van der Waals surface area contributed by atoms with Crippen molar-refractivity contribution in [2.24, 2.45) is 5.14 Å². The zero-order valence-electron chi connectivity index (χ0n) is 13.7. The highest BCUT2D eigenvalue weighted by molar-refractivity contribution is 7.89. The molecule has 130 valence electrons. The van der Waals surface area contributed by atoms with Crippen LogP contribution in [-0.2, 0) is 29.7 Å². The summed E-state index contributed by atoms with van der Waals surface area (Å²) in [6.07, 6.45) is 3.83. The van der Waals surface area contributed by atoms with Crippen LogP contribution in [0.15, 0.2) is 71.9 Å². The Morgan fingerprint density at radius 1 is 0.960 bits per heavy atom. The number of sulfonamides is 1. The fourth-order valence-corrected chi connectivity index (χ4v) is 3.12. The number of nitrogens with two attached hydrogens (primary N) is 1. The van der Waals surface area contributed by atoms with E-state index in [4.69, 9.17) is 5.14 Å². The molecule has 25 heavy (non-hydrogen) atoms. The molecule has 1 heterocycles. The van der Waals surface area contributed by atoms with E-state index < -0.39 is 10.0 Å². The van der Waals surface area contributed by atoms with Gasteiger partial charge in [0.25, 0.3) is 0 Å². The molecule has 0 bridgehead atoms. The highest BCUT2D eigenvalue weighted by atomic mass is 32.2. The molecule has 0 aliphatic rings. The topological polar surface area (TPSA) is 90.0 Å². The van der Waals surface area contributed by atoms with Crippen molar-refractivity contribution in [2.75, 3.05) is 0 Å². The zero-order valence-corrected chi connectivity index (χ0v) is 14.5. The first-order chi connectivity index (χ1) is 12.0. The molecule has 7 heteroatoms. The second-order valence-corrected chi connectivity index (χ2v) is 7.39. The number of hydrogen-bond acceptors (Lipinski definition) is 4. The number of nitrogens with one attached hydrogen (secondary N) is 1. The predicted molar refractivity (Wildman–Crippen MR) is 96.1 cm³/mol. The van der Waals surface area contributed by atoms with Gasteiger partial charge in [-0.3, -0.25) is 4.68 Å². The molecule has 0 aliphatic carbocycles. The molecule has 0 unspecified atom stereocenters. The molecular weight excluding hydrogens is 336 g/mol. The van der Waals surface area contributed by atoms with Crippen molar-refractivity contribution in [2.45, 2.75) is 24.5 Å². The van der Waals surface area contributed by atoms with Gasteiger partial charge in [-0.05, 0) is 23.3 Å². The summed E-state index contributed by atoms with van der Waals surface area (Å²) in [6.45, 7) is 1.93. The lowest BCUT2D eigenvalue weighted by atomic mass is 10.2. The maximum atomic E-state index is 11.4. The van der Waals surface area contributed by atoms with E-state index in [0.717, 1.165) is 17.7 Å². The Hall–Kier alpha value is -2.48. The number of aromatic nitrogens is 2. The van der Waals surface area contributed by atoms with Gasteiger partial charge in [-0.15, -0.1) is 0 Å². The lowest BCUT2D eigenvalue weighted by Crippen LogP contribution is -2.15. The molecule has 0 saturated carbocycles. The highest BCUT2D eigenvalue weighted by Crippen LogP contribution is 2.10. The molecule has 0 aliphatic heterocycles. The number of nitrogens with zero attached hydrogens (tertiary/aromatic N) is 2. The summed E-state index contributed by atoms with van der Waals surface area (Å²) in [4.78, 5) is 0.127. The Kier molecular flexibility index (Phi) is 5.28. The van der Waals surface area contributed by atoms with Gasteiger partial charge < -0.3 is 5.32 Å². The summed E-state index contributed by atoms with van der Waals surface area (Å²) in [5, 5.41) is 12.8. The molecule has 0 saturated heterocycles. The third kappa shape index (κ3) is 4.99. The summed E-state index contributed by atoms with van der Waals surface area (Å²) in [6, 6.07) is 16.8. The van der Waals surface area contributed by atoms with Crippen LogP contribution in [0.3, 0.4) is 0 Å². The average molecular weight is 356 g/mol. The molecule has 3 rings (SSSR count). The van der Waals surface area contributed by atoms with Gasteiger partial charge >= 0.3 is 0 Å². The fraction of sp³-hybridized carbons (Fsp3) is 0.167. The van der Waals surface area contributed by atoms with Gasteiger partial charge in [-0.1, -0.05) is 42.5 Å². The van der Waals surface area contributed by atoms with Gasteiger partial charge in [0.2, 0.25) is 10.0 Å². The van der Waals surface area contributed by atoms with E-state index in [9.17, 15) is 8.42 Å². The Balaban J connectivity index is 1.55. The lowest BCUT2D eigenvalue weighted by Gasteiger charge is -2.05. The molecule has 0 atom stereocenters. The van der Waals surface area contributed by atoms with Crippen LogP contribution < -0.4 is 10.5 Å². The van der Waals surface area contributed by atoms with Crippen LogP contribution in [0.25, 0.3) is 0 Å². The van der Waals surface area contributed by atoms with Crippen LogP contribution in [0.5, 0.6) is 0 Å². The van der Waals surface area contributed by atoms with E-state index in [-0.39, 0.29) is 4.90 Å². The maximum absolute atomic E-state index is 11.4. The quantitative estimate of drug-likeness (QED) is 0.676. The Bertz CT molecular complexity index is 936. The van der Waals surface area contributed by atoms with Crippen LogP contribution in [-0.4, -0.2) is 18.2 Å².